The van der Waals surface area contributed by atoms with E-state index in [1.165, 1.54) is 0 Å². The van der Waals surface area contributed by atoms with Crippen molar-refractivity contribution in [2.45, 2.75) is 6.43 Å². The fourth-order valence-corrected chi connectivity index (χ4v) is 0.835. The summed E-state index contributed by atoms with van der Waals surface area (Å²) in [5, 5.41) is 9.11. The van der Waals surface area contributed by atoms with Crippen LogP contribution in [0.4, 0.5) is 8.78 Å². The number of carbonyl (C=O) groups is 1. The standard InChI is InChI=1S/C8H7F2NO3/c1-14-8(13)6-5(12)3-2-4(11-6)7(9)10/h2-3,7,12H,1H3. The van der Waals surface area contributed by atoms with Gasteiger partial charge < -0.3 is 9.84 Å². The fraction of sp³-hybridized carbons (Fsp3) is 0.250. The lowest BCUT2D eigenvalue weighted by molar-refractivity contribution is 0.0588. The monoisotopic (exact) mass is 203 g/mol. The molecule has 1 N–H and O–H groups in total. The van der Waals surface area contributed by atoms with Gasteiger partial charge in [-0.05, 0) is 12.1 Å². The summed E-state index contributed by atoms with van der Waals surface area (Å²) in [5.41, 5.74) is -1.09. The Morgan fingerprint density at radius 2 is 2.21 bits per heavy atom. The minimum Gasteiger partial charge on any atom is -0.505 e. The molecule has 14 heavy (non-hydrogen) atoms. The van der Waals surface area contributed by atoms with E-state index in [2.05, 4.69) is 9.72 Å². The van der Waals surface area contributed by atoms with E-state index >= 15 is 0 Å². The second-order valence-electron chi connectivity index (χ2n) is 2.40. The number of esters is 1. The molecule has 1 rings (SSSR count). The molecule has 6 heteroatoms. The van der Waals surface area contributed by atoms with Crippen LogP contribution in [0.3, 0.4) is 0 Å². The molecule has 0 aliphatic carbocycles. The zero-order valence-electron chi connectivity index (χ0n) is 7.20. The van der Waals surface area contributed by atoms with Crippen molar-refractivity contribution in [1.82, 2.24) is 4.98 Å². The first-order valence-electron chi connectivity index (χ1n) is 3.62. The number of aromatic nitrogens is 1. The molecule has 0 fully saturated rings. The van der Waals surface area contributed by atoms with E-state index in [9.17, 15) is 13.6 Å². The Hall–Kier alpha value is -1.72. The van der Waals surface area contributed by atoms with Crippen molar-refractivity contribution in [3.63, 3.8) is 0 Å². The smallest absolute Gasteiger partial charge is 0.360 e. The average Bonchev–Trinajstić information content (AvgIpc) is 2.17. The second-order valence-corrected chi connectivity index (χ2v) is 2.40. The van der Waals surface area contributed by atoms with Crippen molar-refractivity contribution in [3.8, 4) is 5.75 Å². The third-order valence-corrected chi connectivity index (χ3v) is 1.50. The number of rotatable bonds is 2. The van der Waals surface area contributed by atoms with E-state index in [1.807, 2.05) is 0 Å². The van der Waals surface area contributed by atoms with Crippen LogP contribution in [0.5, 0.6) is 5.75 Å². The van der Waals surface area contributed by atoms with Crippen LogP contribution in [0.15, 0.2) is 12.1 Å². The first-order valence-corrected chi connectivity index (χ1v) is 3.62. The van der Waals surface area contributed by atoms with Crippen LogP contribution >= 0.6 is 0 Å². The highest BCUT2D eigenvalue weighted by molar-refractivity contribution is 5.90. The van der Waals surface area contributed by atoms with Crippen molar-refractivity contribution in [2.24, 2.45) is 0 Å². The average molecular weight is 203 g/mol. The van der Waals surface area contributed by atoms with Crippen LogP contribution in [0, 0.1) is 0 Å². The predicted molar refractivity (Wildman–Crippen MR) is 42.2 cm³/mol. The maximum absolute atomic E-state index is 12.1. The maximum atomic E-state index is 12.1. The van der Waals surface area contributed by atoms with Crippen LogP contribution in [0.2, 0.25) is 0 Å². The highest BCUT2D eigenvalue weighted by Crippen LogP contribution is 2.21. The van der Waals surface area contributed by atoms with Gasteiger partial charge in [-0.15, -0.1) is 0 Å². The van der Waals surface area contributed by atoms with Gasteiger partial charge in [0.25, 0.3) is 6.43 Å². The number of carbonyl (C=O) groups excluding carboxylic acids is 1. The summed E-state index contributed by atoms with van der Waals surface area (Å²) in [6.07, 6.45) is -2.79. The van der Waals surface area contributed by atoms with Gasteiger partial charge in [0.05, 0.1) is 7.11 Å². The molecule has 1 aromatic heterocycles. The zero-order chi connectivity index (χ0) is 10.7. The van der Waals surface area contributed by atoms with Gasteiger partial charge in [-0.25, -0.2) is 18.6 Å². The number of pyridine rings is 1. The topological polar surface area (TPSA) is 59.4 Å². The number of methoxy groups -OCH3 is 1. The Bertz CT molecular complexity index is 354. The van der Waals surface area contributed by atoms with Crippen LogP contribution in [-0.4, -0.2) is 23.2 Å². The Morgan fingerprint density at radius 3 is 2.71 bits per heavy atom. The molecule has 0 radical (unpaired) electrons. The summed E-state index contributed by atoms with van der Waals surface area (Å²) in [6.45, 7) is 0. The van der Waals surface area contributed by atoms with Gasteiger partial charge in [-0.2, -0.15) is 0 Å². The lowest BCUT2D eigenvalue weighted by atomic mass is 10.3. The molecule has 0 atom stereocenters. The molecular weight excluding hydrogens is 196 g/mol. The Kier molecular flexibility index (Phi) is 2.95. The second kappa shape index (κ2) is 3.99. The van der Waals surface area contributed by atoms with Gasteiger partial charge in [0.2, 0.25) is 0 Å². The highest BCUT2D eigenvalue weighted by atomic mass is 19.3. The molecule has 0 amide bonds. The number of hydrogen-bond donors (Lipinski definition) is 1. The summed E-state index contributed by atoms with van der Waals surface area (Å²) in [4.78, 5) is 14.2. The normalized spacial score (nSPS) is 10.3. The molecule has 0 saturated heterocycles. The van der Waals surface area contributed by atoms with Crippen molar-refractivity contribution in [1.29, 1.82) is 0 Å². The van der Waals surface area contributed by atoms with Crippen molar-refractivity contribution in [3.05, 3.63) is 23.5 Å². The highest BCUT2D eigenvalue weighted by Gasteiger charge is 2.17. The summed E-state index contributed by atoms with van der Waals surface area (Å²) in [5.74, 6) is -1.44. The van der Waals surface area contributed by atoms with E-state index < -0.39 is 29.5 Å². The van der Waals surface area contributed by atoms with Gasteiger partial charge in [0.1, 0.15) is 11.4 Å². The quantitative estimate of drug-likeness (QED) is 0.740. The Labute approximate surface area is 78.1 Å². The first kappa shape index (κ1) is 10.4. The van der Waals surface area contributed by atoms with Crippen LogP contribution in [0.1, 0.15) is 22.6 Å². The number of halogens is 2. The SMILES string of the molecule is COC(=O)c1nc(C(F)F)ccc1O. The molecule has 0 unspecified atom stereocenters. The lowest BCUT2D eigenvalue weighted by Gasteiger charge is -2.03. The molecule has 4 nitrogen and oxygen atoms in total. The number of aromatic hydroxyl groups is 1. The molecular formula is C8H7F2NO3. The van der Waals surface area contributed by atoms with Crippen molar-refractivity contribution in [2.75, 3.05) is 7.11 Å². The van der Waals surface area contributed by atoms with Gasteiger partial charge in [0.15, 0.2) is 5.69 Å². The van der Waals surface area contributed by atoms with Gasteiger partial charge in [-0.3, -0.25) is 0 Å². The van der Waals surface area contributed by atoms with Crippen LogP contribution in [0.25, 0.3) is 0 Å². The Balaban J connectivity index is 3.15. The van der Waals surface area contributed by atoms with E-state index in [4.69, 9.17) is 5.11 Å². The van der Waals surface area contributed by atoms with Crippen LogP contribution in [-0.2, 0) is 4.74 Å². The molecule has 76 valence electrons. The molecule has 1 aromatic rings. The lowest BCUT2D eigenvalue weighted by Crippen LogP contribution is -2.06. The first-order chi connectivity index (χ1) is 6.56. The molecule has 1 heterocycles. The zero-order valence-corrected chi connectivity index (χ0v) is 7.20. The van der Waals surface area contributed by atoms with Crippen LogP contribution < -0.4 is 0 Å². The molecule has 0 aromatic carbocycles. The number of alkyl halides is 2. The predicted octanol–water partition coefficient (Wildman–Crippen LogP) is 1.51. The third-order valence-electron chi connectivity index (χ3n) is 1.50. The van der Waals surface area contributed by atoms with E-state index in [0.717, 1.165) is 19.2 Å². The molecule has 0 bridgehead atoms. The minimum absolute atomic E-state index is 0.485. The molecule has 0 aliphatic rings. The third kappa shape index (κ3) is 1.95. The van der Waals surface area contributed by atoms with Gasteiger partial charge >= 0.3 is 5.97 Å². The fourth-order valence-electron chi connectivity index (χ4n) is 0.835. The van der Waals surface area contributed by atoms with E-state index in [1.54, 1.807) is 0 Å². The summed E-state index contributed by atoms with van der Waals surface area (Å²) in [6, 6.07) is 1.91. The molecule has 0 aliphatic heterocycles. The largest absolute Gasteiger partial charge is 0.505 e. The number of ether oxygens (including phenoxy) is 1. The van der Waals surface area contributed by atoms with Crippen molar-refractivity contribution >= 4 is 5.97 Å². The molecule has 0 saturated carbocycles. The summed E-state index contributed by atoms with van der Waals surface area (Å²) >= 11 is 0. The Morgan fingerprint density at radius 1 is 1.57 bits per heavy atom. The molecule has 0 spiro atoms. The van der Waals surface area contributed by atoms with E-state index in [0.29, 0.717) is 0 Å². The van der Waals surface area contributed by atoms with E-state index in [-0.39, 0.29) is 0 Å². The van der Waals surface area contributed by atoms with Crippen molar-refractivity contribution < 1.29 is 23.4 Å². The van der Waals surface area contributed by atoms with Gasteiger partial charge in [0, 0.05) is 0 Å². The number of nitrogens with zero attached hydrogens (tertiary/aromatic N) is 1. The minimum atomic E-state index is -2.79. The summed E-state index contributed by atoms with van der Waals surface area (Å²) < 4.78 is 28.5. The summed E-state index contributed by atoms with van der Waals surface area (Å²) in [7, 11) is 1.07. The van der Waals surface area contributed by atoms with Gasteiger partial charge in [-0.1, -0.05) is 0 Å². The maximum Gasteiger partial charge on any atom is 0.360 e. The number of hydrogen-bond acceptors (Lipinski definition) is 4.